The Labute approximate surface area is 61.5 Å². The Kier molecular flexibility index (Phi) is 1.60. The number of nitriles is 1. The van der Waals surface area contributed by atoms with Gasteiger partial charge in [0.1, 0.15) is 15.3 Å². The van der Waals surface area contributed by atoms with Crippen LogP contribution >= 0.6 is 22.9 Å². The summed E-state index contributed by atoms with van der Waals surface area (Å²) in [5.41, 5.74) is 5.83. The van der Waals surface area contributed by atoms with Crippen molar-refractivity contribution in [2.45, 2.75) is 0 Å². The van der Waals surface area contributed by atoms with Crippen molar-refractivity contribution in [1.29, 1.82) is 5.26 Å². The maximum atomic E-state index is 8.32. The van der Waals surface area contributed by atoms with Gasteiger partial charge in [0.2, 0.25) is 0 Å². The van der Waals surface area contributed by atoms with Crippen molar-refractivity contribution in [3.63, 3.8) is 0 Å². The second kappa shape index (κ2) is 2.26. The van der Waals surface area contributed by atoms with Gasteiger partial charge in [-0.3, -0.25) is 0 Å². The van der Waals surface area contributed by atoms with Crippen LogP contribution in [0.3, 0.4) is 0 Å². The molecule has 0 fully saturated rings. The highest BCUT2D eigenvalue weighted by atomic mass is 35.5. The minimum Gasteiger partial charge on any atom is -0.397 e. The molecule has 0 unspecified atom stereocenters. The third-order valence-corrected chi connectivity index (χ3v) is 2.12. The van der Waals surface area contributed by atoms with Crippen molar-refractivity contribution in [3.05, 3.63) is 15.3 Å². The van der Waals surface area contributed by atoms with Crippen LogP contribution < -0.4 is 5.73 Å². The number of nitrogens with two attached hydrogens (primary N) is 1. The van der Waals surface area contributed by atoms with Crippen LogP contribution in [0.25, 0.3) is 0 Å². The van der Waals surface area contributed by atoms with E-state index < -0.39 is 0 Å². The predicted molar refractivity (Wildman–Crippen MR) is 38.5 cm³/mol. The lowest BCUT2D eigenvalue weighted by Gasteiger charge is -1.77. The molecule has 4 heteroatoms. The highest BCUT2D eigenvalue weighted by Gasteiger charge is 2.00. The molecule has 46 valence electrons. The molecule has 0 radical (unpaired) electrons. The molecule has 1 aromatic rings. The van der Waals surface area contributed by atoms with Gasteiger partial charge in [0.05, 0.1) is 5.69 Å². The molecule has 0 aliphatic rings. The molecular formula is C5H3ClN2S. The third-order valence-electron chi connectivity index (χ3n) is 0.823. The summed E-state index contributed by atoms with van der Waals surface area (Å²) in [5.74, 6) is 0. The minimum absolute atomic E-state index is 0.484. The fourth-order valence-electron chi connectivity index (χ4n) is 0.438. The van der Waals surface area contributed by atoms with Gasteiger partial charge in [-0.25, -0.2) is 0 Å². The monoisotopic (exact) mass is 158 g/mol. The zero-order valence-electron chi connectivity index (χ0n) is 4.39. The highest BCUT2D eigenvalue weighted by molar-refractivity contribution is 7.17. The van der Waals surface area contributed by atoms with Crippen LogP contribution in [-0.4, -0.2) is 0 Å². The molecule has 2 nitrogen and oxygen atoms in total. The number of nitrogens with zero attached hydrogens (tertiary/aromatic N) is 1. The Balaban J connectivity index is 3.16. The third kappa shape index (κ3) is 1.15. The Morgan fingerprint density at radius 3 is 2.67 bits per heavy atom. The fourth-order valence-corrected chi connectivity index (χ4v) is 1.34. The lowest BCUT2D eigenvalue weighted by Crippen LogP contribution is -1.77. The Morgan fingerprint density at radius 1 is 1.78 bits per heavy atom. The summed E-state index contributed by atoms with van der Waals surface area (Å²) in [6.07, 6.45) is 0. The largest absolute Gasteiger partial charge is 0.397 e. The summed E-state index contributed by atoms with van der Waals surface area (Å²) in [6.45, 7) is 0. The number of thiophene rings is 1. The number of hydrogen-bond acceptors (Lipinski definition) is 3. The molecular weight excluding hydrogens is 156 g/mol. The van der Waals surface area contributed by atoms with Crippen LogP contribution in [0, 0.1) is 11.3 Å². The molecule has 0 atom stereocenters. The van der Waals surface area contributed by atoms with E-state index in [4.69, 9.17) is 22.6 Å². The van der Waals surface area contributed by atoms with Gasteiger partial charge in [-0.05, 0) is 6.07 Å². The van der Waals surface area contributed by atoms with Crippen molar-refractivity contribution in [1.82, 2.24) is 0 Å². The van der Waals surface area contributed by atoms with Crippen molar-refractivity contribution < 1.29 is 0 Å². The minimum atomic E-state index is 0.484. The van der Waals surface area contributed by atoms with Crippen LogP contribution in [0.4, 0.5) is 5.69 Å². The first-order chi connectivity index (χ1) is 4.24. The van der Waals surface area contributed by atoms with Gasteiger partial charge in [0.25, 0.3) is 0 Å². The van der Waals surface area contributed by atoms with E-state index in [1.807, 2.05) is 6.07 Å². The summed E-state index contributed by atoms with van der Waals surface area (Å²) in [6, 6.07) is 3.51. The predicted octanol–water partition coefficient (Wildman–Crippen LogP) is 1.86. The highest BCUT2D eigenvalue weighted by Crippen LogP contribution is 2.28. The normalized spacial score (nSPS) is 8.89. The van der Waals surface area contributed by atoms with Gasteiger partial charge in [0, 0.05) is 0 Å². The zero-order valence-corrected chi connectivity index (χ0v) is 5.96. The van der Waals surface area contributed by atoms with Crippen LogP contribution in [-0.2, 0) is 0 Å². The standard InChI is InChI=1S/C5H3ClN2S/c6-5-4(8)1-3(2-7)9-5/h1H,8H2. The molecule has 0 aliphatic carbocycles. The second-order valence-corrected chi connectivity index (χ2v) is 3.11. The van der Waals surface area contributed by atoms with Crippen molar-refractivity contribution >= 4 is 28.6 Å². The van der Waals surface area contributed by atoms with Crippen molar-refractivity contribution in [3.8, 4) is 6.07 Å². The molecule has 0 saturated carbocycles. The topological polar surface area (TPSA) is 49.8 Å². The first kappa shape index (κ1) is 6.40. The molecule has 2 N–H and O–H groups in total. The summed E-state index contributed by atoms with van der Waals surface area (Å²) in [7, 11) is 0. The fraction of sp³-hybridized carbons (Fsp3) is 0. The van der Waals surface area contributed by atoms with Crippen LogP contribution in [0.1, 0.15) is 4.88 Å². The first-order valence-electron chi connectivity index (χ1n) is 2.19. The molecule has 9 heavy (non-hydrogen) atoms. The van der Waals surface area contributed by atoms with Gasteiger partial charge in [-0.1, -0.05) is 11.6 Å². The van der Waals surface area contributed by atoms with Gasteiger partial charge >= 0.3 is 0 Å². The molecule has 1 heterocycles. The van der Waals surface area contributed by atoms with Crippen molar-refractivity contribution in [2.24, 2.45) is 0 Å². The van der Waals surface area contributed by atoms with Crippen LogP contribution in [0.15, 0.2) is 6.07 Å². The first-order valence-corrected chi connectivity index (χ1v) is 3.38. The lowest BCUT2D eigenvalue weighted by molar-refractivity contribution is 1.52. The van der Waals surface area contributed by atoms with Gasteiger partial charge in [-0.2, -0.15) is 5.26 Å². The maximum absolute atomic E-state index is 8.32. The summed E-state index contributed by atoms with van der Waals surface area (Å²) in [4.78, 5) is 0.553. The van der Waals surface area contributed by atoms with E-state index in [0.717, 1.165) is 0 Å². The van der Waals surface area contributed by atoms with E-state index >= 15 is 0 Å². The summed E-state index contributed by atoms with van der Waals surface area (Å²) in [5, 5.41) is 8.32. The quantitative estimate of drug-likeness (QED) is 0.627. The van der Waals surface area contributed by atoms with E-state index in [1.165, 1.54) is 11.3 Å². The van der Waals surface area contributed by atoms with Crippen LogP contribution in [0.5, 0.6) is 0 Å². The average Bonchev–Trinajstić information content (AvgIpc) is 2.13. The smallest absolute Gasteiger partial charge is 0.117 e. The van der Waals surface area contributed by atoms with Gasteiger partial charge < -0.3 is 5.73 Å². The average molecular weight is 159 g/mol. The molecule has 0 saturated heterocycles. The number of halogens is 1. The summed E-state index contributed by atoms with van der Waals surface area (Å²) >= 11 is 6.74. The van der Waals surface area contributed by atoms with Gasteiger partial charge in [-0.15, -0.1) is 11.3 Å². The molecule has 0 amide bonds. The van der Waals surface area contributed by atoms with E-state index in [0.29, 0.717) is 14.9 Å². The SMILES string of the molecule is N#Cc1cc(N)c(Cl)s1. The van der Waals surface area contributed by atoms with Gasteiger partial charge in [0.15, 0.2) is 0 Å². The van der Waals surface area contributed by atoms with Crippen molar-refractivity contribution in [2.75, 3.05) is 5.73 Å². The number of nitrogen functional groups attached to an aromatic ring is 1. The van der Waals surface area contributed by atoms with E-state index in [1.54, 1.807) is 6.07 Å². The van der Waals surface area contributed by atoms with E-state index in [9.17, 15) is 0 Å². The van der Waals surface area contributed by atoms with Crippen LogP contribution in [0.2, 0.25) is 4.34 Å². The Hall–Kier alpha value is -0.720. The Bertz CT molecular complexity index is 241. The molecule has 1 aromatic heterocycles. The molecule has 0 aromatic carbocycles. The molecule has 0 bridgehead atoms. The number of hydrogen-bond donors (Lipinski definition) is 1. The van der Waals surface area contributed by atoms with E-state index in [-0.39, 0.29) is 0 Å². The summed E-state index contributed by atoms with van der Waals surface area (Å²) < 4.78 is 0.492. The zero-order chi connectivity index (χ0) is 6.85. The molecule has 0 spiro atoms. The second-order valence-electron chi connectivity index (χ2n) is 1.45. The number of anilines is 1. The maximum Gasteiger partial charge on any atom is 0.117 e. The number of rotatable bonds is 0. The molecule has 1 rings (SSSR count). The molecule has 0 aliphatic heterocycles. The van der Waals surface area contributed by atoms with E-state index in [2.05, 4.69) is 0 Å². The lowest BCUT2D eigenvalue weighted by atomic mass is 10.5. The Morgan fingerprint density at radius 2 is 2.44 bits per heavy atom.